The molecule has 0 aliphatic heterocycles. The topological polar surface area (TPSA) is 26.3 Å². The van der Waals surface area contributed by atoms with Crippen LogP contribution in [0.5, 0.6) is 5.75 Å². The molecule has 2 aromatic carbocycles. The first-order valence-corrected chi connectivity index (χ1v) is 13.5. The van der Waals surface area contributed by atoms with Gasteiger partial charge in [-0.2, -0.15) is 4.39 Å². The minimum atomic E-state index is -1.15. The number of halogens is 4. The predicted molar refractivity (Wildman–Crippen MR) is 132 cm³/mol. The highest BCUT2D eigenvalue weighted by Crippen LogP contribution is 2.42. The van der Waals surface area contributed by atoms with E-state index in [1.807, 2.05) is 6.92 Å². The van der Waals surface area contributed by atoms with Gasteiger partial charge in [0.25, 0.3) is 0 Å². The van der Waals surface area contributed by atoms with Gasteiger partial charge in [-0.15, -0.1) is 0 Å². The molecule has 4 rings (SSSR count). The second-order valence-corrected chi connectivity index (χ2v) is 10.6. The van der Waals surface area contributed by atoms with Crippen LogP contribution in [0.1, 0.15) is 107 Å². The van der Waals surface area contributed by atoms with Gasteiger partial charge in [-0.1, -0.05) is 44.9 Å². The average molecular weight is 505 g/mol. The molecule has 0 atom stereocenters. The van der Waals surface area contributed by atoms with Gasteiger partial charge >= 0.3 is 5.97 Å². The molecule has 0 radical (unpaired) electrons. The number of hydrogen-bond acceptors (Lipinski definition) is 2. The zero-order valence-corrected chi connectivity index (χ0v) is 21.2. The molecular weight excluding hydrogens is 468 g/mol. The Labute approximate surface area is 211 Å². The van der Waals surface area contributed by atoms with E-state index in [-0.39, 0.29) is 17.4 Å². The second-order valence-electron chi connectivity index (χ2n) is 10.6. The van der Waals surface area contributed by atoms with E-state index in [2.05, 4.69) is 6.92 Å². The van der Waals surface area contributed by atoms with E-state index in [9.17, 15) is 13.6 Å². The minimum absolute atomic E-state index is 0.0723. The van der Waals surface area contributed by atoms with Gasteiger partial charge in [0.15, 0.2) is 23.2 Å². The van der Waals surface area contributed by atoms with E-state index >= 15 is 8.78 Å². The summed E-state index contributed by atoms with van der Waals surface area (Å²) in [7, 11) is 0. The highest BCUT2D eigenvalue weighted by molar-refractivity contribution is 5.75. The molecule has 0 bridgehead atoms. The predicted octanol–water partition coefficient (Wildman–Crippen LogP) is 8.76. The van der Waals surface area contributed by atoms with Crippen LogP contribution in [0, 0.1) is 35.1 Å². The highest BCUT2D eigenvalue weighted by atomic mass is 19.2. The Bertz CT molecular complexity index is 1070. The Morgan fingerprint density at radius 1 is 0.750 bits per heavy atom. The molecular formula is C30H36F4O2. The summed E-state index contributed by atoms with van der Waals surface area (Å²) in [6, 6.07) is 6.21. The highest BCUT2D eigenvalue weighted by Gasteiger charge is 2.32. The molecule has 36 heavy (non-hydrogen) atoms. The lowest BCUT2D eigenvalue weighted by Gasteiger charge is -2.30. The minimum Gasteiger partial charge on any atom is -0.423 e. The van der Waals surface area contributed by atoms with Crippen molar-refractivity contribution < 1.29 is 27.1 Å². The molecule has 0 saturated heterocycles. The molecule has 2 fully saturated rings. The molecule has 0 amide bonds. The summed E-state index contributed by atoms with van der Waals surface area (Å²) in [6.07, 6.45) is 7.97. The fraction of sp³-hybridized carbons (Fsp3) is 0.567. The molecule has 0 unspecified atom stereocenters. The van der Waals surface area contributed by atoms with Crippen molar-refractivity contribution in [1.29, 1.82) is 0 Å². The maximum atomic E-state index is 15.1. The quantitative estimate of drug-likeness (QED) is 0.214. The molecule has 2 aliphatic carbocycles. The number of hydrogen-bond donors (Lipinski definition) is 0. The van der Waals surface area contributed by atoms with E-state index in [0.717, 1.165) is 32.1 Å². The van der Waals surface area contributed by atoms with Crippen molar-refractivity contribution >= 4 is 5.97 Å². The number of carbonyl (C=O) groups excluding carboxylic acids is 1. The van der Waals surface area contributed by atoms with Gasteiger partial charge in [0.05, 0.1) is 5.92 Å². The van der Waals surface area contributed by atoms with Crippen molar-refractivity contribution in [2.45, 2.75) is 96.3 Å². The van der Waals surface area contributed by atoms with Crippen LogP contribution < -0.4 is 4.74 Å². The van der Waals surface area contributed by atoms with Crippen molar-refractivity contribution in [3.8, 4) is 5.75 Å². The average Bonchev–Trinajstić information content (AvgIpc) is 2.90. The summed E-state index contributed by atoms with van der Waals surface area (Å²) >= 11 is 0. The first-order chi connectivity index (χ1) is 17.3. The Hall–Kier alpha value is -2.37. The number of carbonyl (C=O) groups is 1. The summed E-state index contributed by atoms with van der Waals surface area (Å²) in [5.74, 6) is -4.55. The summed E-state index contributed by atoms with van der Waals surface area (Å²) in [5.41, 5.74) is 1.11. The zero-order chi connectivity index (χ0) is 25.8. The summed E-state index contributed by atoms with van der Waals surface area (Å²) in [6.45, 7) is 4.05. The molecule has 6 heteroatoms. The zero-order valence-electron chi connectivity index (χ0n) is 21.2. The lowest BCUT2D eigenvalue weighted by atomic mass is 9.76. The fourth-order valence-corrected chi connectivity index (χ4v) is 6.04. The van der Waals surface area contributed by atoms with Crippen LogP contribution >= 0.6 is 0 Å². The lowest BCUT2D eigenvalue weighted by Crippen LogP contribution is -2.26. The van der Waals surface area contributed by atoms with Crippen molar-refractivity contribution in [1.82, 2.24) is 0 Å². The van der Waals surface area contributed by atoms with Crippen LogP contribution in [-0.2, 0) is 11.2 Å². The van der Waals surface area contributed by atoms with Gasteiger partial charge in [-0.05, 0) is 98.3 Å². The maximum absolute atomic E-state index is 15.1. The van der Waals surface area contributed by atoms with Crippen molar-refractivity contribution in [2.75, 3.05) is 0 Å². The summed E-state index contributed by atoms with van der Waals surface area (Å²) in [5, 5.41) is 0. The maximum Gasteiger partial charge on any atom is 0.314 e. The molecule has 2 saturated carbocycles. The molecule has 0 spiro atoms. The molecule has 2 aromatic rings. The molecule has 2 nitrogen and oxygen atoms in total. The number of rotatable bonds is 7. The van der Waals surface area contributed by atoms with Gasteiger partial charge in [0.2, 0.25) is 5.82 Å². The molecule has 196 valence electrons. The molecule has 0 heterocycles. The monoisotopic (exact) mass is 504 g/mol. The van der Waals surface area contributed by atoms with E-state index in [4.69, 9.17) is 4.74 Å². The molecule has 0 N–H and O–H groups in total. The van der Waals surface area contributed by atoms with Gasteiger partial charge in [0, 0.05) is 0 Å². The van der Waals surface area contributed by atoms with Crippen molar-refractivity contribution in [3.63, 3.8) is 0 Å². The lowest BCUT2D eigenvalue weighted by molar-refractivity contribution is -0.140. The first-order valence-electron chi connectivity index (χ1n) is 13.5. The van der Waals surface area contributed by atoms with Crippen LogP contribution in [-0.4, -0.2) is 5.97 Å². The SMILES string of the molecule is CCCc1ccc(OC(=O)C2CCC(c3ccc(C4CCC(CC)CC4)c(F)c3F)CC2)c(F)c1F. The third kappa shape index (κ3) is 5.63. The van der Waals surface area contributed by atoms with E-state index in [1.165, 1.54) is 12.1 Å². The van der Waals surface area contributed by atoms with Crippen LogP contribution in [0.3, 0.4) is 0 Å². The van der Waals surface area contributed by atoms with E-state index < -0.39 is 40.9 Å². The Kier molecular flexibility index (Phi) is 8.74. The van der Waals surface area contributed by atoms with E-state index in [0.29, 0.717) is 55.6 Å². The van der Waals surface area contributed by atoms with Crippen molar-refractivity contribution in [2.24, 2.45) is 11.8 Å². The number of aryl methyl sites for hydroxylation is 1. The third-order valence-electron chi connectivity index (χ3n) is 8.36. The molecule has 0 aromatic heterocycles. The Morgan fingerprint density at radius 2 is 1.31 bits per heavy atom. The van der Waals surface area contributed by atoms with Gasteiger partial charge in [0.1, 0.15) is 0 Å². The standard InChI is InChI=1S/C30H36F4O2/c1-3-5-21-14-17-25(29(34)26(21)31)36-30(35)22-12-10-20(11-13-22)24-16-15-23(27(32)28(24)33)19-8-6-18(4-2)7-9-19/h14-20,22H,3-13H2,1-2H3. The van der Waals surface area contributed by atoms with Gasteiger partial charge < -0.3 is 4.74 Å². The van der Waals surface area contributed by atoms with Crippen LogP contribution in [0.4, 0.5) is 17.6 Å². The summed E-state index contributed by atoms with van der Waals surface area (Å²) in [4.78, 5) is 12.6. The summed E-state index contributed by atoms with van der Waals surface area (Å²) < 4.78 is 63.9. The van der Waals surface area contributed by atoms with Crippen LogP contribution in [0.2, 0.25) is 0 Å². The van der Waals surface area contributed by atoms with Crippen LogP contribution in [0.25, 0.3) is 0 Å². The largest absolute Gasteiger partial charge is 0.423 e. The fourth-order valence-electron chi connectivity index (χ4n) is 6.04. The first kappa shape index (κ1) is 26.7. The van der Waals surface area contributed by atoms with Gasteiger partial charge in [-0.3, -0.25) is 4.79 Å². The van der Waals surface area contributed by atoms with Crippen molar-refractivity contribution in [3.05, 3.63) is 64.2 Å². The van der Waals surface area contributed by atoms with Crippen LogP contribution in [0.15, 0.2) is 24.3 Å². The Morgan fingerprint density at radius 3 is 1.83 bits per heavy atom. The second kappa shape index (κ2) is 11.8. The normalized spacial score (nSPS) is 24.5. The smallest absolute Gasteiger partial charge is 0.314 e. The number of ether oxygens (including phenoxy) is 1. The number of esters is 1. The Balaban J connectivity index is 1.37. The molecule has 2 aliphatic rings. The van der Waals surface area contributed by atoms with Gasteiger partial charge in [-0.25, -0.2) is 13.2 Å². The number of benzene rings is 2. The van der Waals surface area contributed by atoms with E-state index in [1.54, 1.807) is 12.1 Å². The third-order valence-corrected chi connectivity index (χ3v) is 8.36.